The number of para-hydroxylation sites is 1. The van der Waals surface area contributed by atoms with E-state index in [1.807, 2.05) is 18.2 Å². The van der Waals surface area contributed by atoms with Gasteiger partial charge in [-0.05, 0) is 31.9 Å². The van der Waals surface area contributed by atoms with Gasteiger partial charge in [-0.15, -0.1) is 0 Å². The van der Waals surface area contributed by atoms with E-state index >= 15 is 0 Å². The second-order valence-electron chi connectivity index (χ2n) is 5.94. The SMILES string of the molecule is Cc1ccc2cccc(S(=O)(=O)N[C@H]3C=CC[C@H](C(=O)O)C3)c2n1. The van der Waals surface area contributed by atoms with Crippen LogP contribution in [0.4, 0.5) is 0 Å². The van der Waals surface area contributed by atoms with Gasteiger partial charge in [0.05, 0.1) is 11.4 Å². The van der Waals surface area contributed by atoms with Gasteiger partial charge in [-0.25, -0.2) is 13.1 Å². The Bertz CT molecular complexity index is 921. The predicted octanol–water partition coefficient (Wildman–Crippen LogP) is 2.24. The molecule has 2 aromatic rings. The fraction of sp³-hybridized carbons (Fsp3) is 0.294. The number of pyridine rings is 1. The van der Waals surface area contributed by atoms with Crippen molar-refractivity contribution in [2.45, 2.75) is 30.7 Å². The molecule has 1 aromatic carbocycles. The maximum atomic E-state index is 12.8. The van der Waals surface area contributed by atoms with Crippen LogP contribution in [0.2, 0.25) is 0 Å². The number of hydrogen-bond donors (Lipinski definition) is 2. The third-order valence-electron chi connectivity index (χ3n) is 4.10. The van der Waals surface area contributed by atoms with Crippen LogP contribution >= 0.6 is 0 Å². The number of aliphatic carboxylic acids is 1. The molecule has 1 heterocycles. The molecule has 0 saturated carbocycles. The Kier molecular flexibility index (Phi) is 4.38. The third kappa shape index (κ3) is 3.32. The first kappa shape index (κ1) is 16.6. The van der Waals surface area contributed by atoms with E-state index in [1.54, 1.807) is 25.1 Å². The number of carboxylic acids is 1. The summed E-state index contributed by atoms with van der Waals surface area (Å²) in [5.41, 5.74) is 1.15. The average Bonchev–Trinajstić information content (AvgIpc) is 2.54. The second kappa shape index (κ2) is 6.33. The normalized spacial score (nSPS) is 21.0. The molecule has 2 atom stereocenters. The van der Waals surface area contributed by atoms with Crippen molar-refractivity contribution in [2.24, 2.45) is 5.92 Å². The zero-order valence-electron chi connectivity index (χ0n) is 13.1. The standard InChI is InChI=1S/C17H18N2O4S/c1-11-8-9-12-4-3-7-15(16(12)18-11)24(22,23)19-14-6-2-5-13(10-14)17(20)21/h2-4,6-9,13-14,19H,5,10H2,1H3,(H,20,21)/t13-,14-/m0/s1. The molecule has 6 nitrogen and oxygen atoms in total. The van der Waals surface area contributed by atoms with Gasteiger partial charge in [0.2, 0.25) is 10.0 Å². The highest BCUT2D eigenvalue weighted by Crippen LogP contribution is 2.24. The molecule has 1 aliphatic carbocycles. The van der Waals surface area contributed by atoms with E-state index < -0.39 is 28.0 Å². The Balaban J connectivity index is 1.94. The van der Waals surface area contributed by atoms with Crippen molar-refractivity contribution in [3.8, 4) is 0 Å². The zero-order chi connectivity index (χ0) is 17.3. The number of rotatable bonds is 4. The van der Waals surface area contributed by atoms with Crippen LogP contribution < -0.4 is 4.72 Å². The first-order valence-corrected chi connectivity index (χ1v) is 9.13. The third-order valence-corrected chi connectivity index (χ3v) is 5.62. The molecule has 0 aliphatic heterocycles. The largest absolute Gasteiger partial charge is 0.481 e. The number of nitrogens with one attached hydrogen (secondary N) is 1. The summed E-state index contributed by atoms with van der Waals surface area (Å²) in [7, 11) is -3.81. The van der Waals surface area contributed by atoms with Crippen LogP contribution in [0.5, 0.6) is 0 Å². The van der Waals surface area contributed by atoms with Crippen molar-refractivity contribution in [3.05, 3.63) is 48.2 Å². The Morgan fingerprint density at radius 1 is 1.29 bits per heavy atom. The van der Waals surface area contributed by atoms with Crippen LogP contribution in [-0.4, -0.2) is 30.5 Å². The van der Waals surface area contributed by atoms with Crippen LogP contribution in [0.1, 0.15) is 18.5 Å². The number of benzene rings is 1. The molecular weight excluding hydrogens is 328 g/mol. The topological polar surface area (TPSA) is 96.4 Å². The summed E-state index contributed by atoms with van der Waals surface area (Å²) in [6.45, 7) is 1.80. The second-order valence-corrected chi connectivity index (χ2v) is 7.63. The summed E-state index contributed by atoms with van der Waals surface area (Å²) in [5.74, 6) is -1.48. The molecule has 7 heteroatoms. The van der Waals surface area contributed by atoms with E-state index in [4.69, 9.17) is 5.11 Å². The van der Waals surface area contributed by atoms with Crippen LogP contribution in [0.15, 0.2) is 47.4 Å². The lowest BCUT2D eigenvalue weighted by molar-refractivity contribution is -0.142. The van der Waals surface area contributed by atoms with E-state index in [-0.39, 0.29) is 11.3 Å². The van der Waals surface area contributed by atoms with Gasteiger partial charge in [-0.1, -0.05) is 30.4 Å². The van der Waals surface area contributed by atoms with Crippen molar-refractivity contribution in [1.29, 1.82) is 0 Å². The molecule has 126 valence electrons. The van der Waals surface area contributed by atoms with Gasteiger partial charge in [0.25, 0.3) is 0 Å². The van der Waals surface area contributed by atoms with Crippen molar-refractivity contribution in [1.82, 2.24) is 9.71 Å². The molecule has 0 saturated heterocycles. The summed E-state index contributed by atoms with van der Waals surface area (Å²) < 4.78 is 28.1. The molecule has 0 spiro atoms. The molecule has 2 N–H and O–H groups in total. The van der Waals surface area contributed by atoms with Crippen LogP contribution in [-0.2, 0) is 14.8 Å². The van der Waals surface area contributed by atoms with Crippen LogP contribution in [0.3, 0.4) is 0 Å². The summed E-state index contributed by atoms with van der Waals surface area (Å²) >= 11 is 0. The summed E-state index contributed by atoms with van der Waals surface area (Å²) in [6.07, 6.45) is 4.08. The molecule has 1 aromatic heterocycles. The number of nitrogens with zero attached hydrogens (tertiary/aromatic N) is 1. The van der Waals surface area contributed by atoms with E-state index in [1.165, 1.54) is 6.07 Å². The minimum Gasteiger partial charge on any atom is -0.481 e. The number of aryl methyl sites for hydroxylation is 1. The quantitative estimate of drug-likeness (QED) is 0.828. The van der Waals surface area contributed by atoms with Gasteiger partial charge in [0.1, 0.15) is 4.90 Å². The number of sulfonamides is 1. The number of hydrogen-bond acceptors (Lipinski definition) is 4. The molecule has 3 rings (SSSR count). The van der Waals surface area contributed by atoms with Gasteiger partial charge in [-0.2, -0.15) is 0 Å². The smallest absolute Gasteiger partial charge is 0.306 e. The van der Waals surface area contributed by atoms with E-state index in [2.05, 4.69) is 9.71 Å². The Hall–Kier alpha value is -2.25. The molecule has 0 bridgehead atoms. The van der Waals surface area contributed by atoms with Gasteiger partial charge >= 0.3 is 5.97 Å². The molecule has 1 aliphatic rings. The minimum absolute atomic E-state index is 0.106. The van der Waals surface area contributed by atoms with E-state index in [9.17, 15) is 13.2 Å². The van der Waals surface area contributed by atoms with E-state index in [0.717, 1.165) is 11.1 Å². The number of allylic oxidation sites excluding steroid dienone is 1. The highest BCUT2D eigenvalue weighted by molar-refractivity contribution is 7.89. The summed E-state index contributed by atoms with van der Waals surface area (Å²) in [4.78, 5) is 15.6. The average molecular weight is 346 g/mol. The molecule has 0 amide bonds. The van der Waals surface area contributed by atoms with Crippen molar-refractivity contribution >= 4 is 26.9 Å². The van der Waals surface area contributed by atoms with Crippen LogP contribution in [0.25, 0.3) is 10.9 Å². The summed E-state index contributed by atoms with van der Waals surface area (Å²) in [6, 6.07) is 8.11. The monoisotopic (exact) mass is 346 g/mol. The summed E-state index contributed by atoms with van der Waals surface area (Å²) in [5, 5.41) is 9.86. The lowest BCUT2D eigenvalue weighted by Gasteiger charge is -2.23. The Morgan fingerprint density at radius 3 is 2.83 bits per heavy atom. The van der Waals surface area contributed by atoms with Crippen molar-refractivity contribution in [2.75, 3.05) is 0 Å². The maximum absolute atomic E-state index is 12.8. The van der Waals surface area contributed by atoms with Gasteiger partial charge in [0.15, 0.2) is 0 Å². The predicted molar refractivity (Wildman–Crippen MR) is 90.1 cm³/mol. The minimum atomic E-state index is -3.81. The van der Waals surface area contributed by atoms with E-state index in [0.29, 0.717) is 11.9 Å². The molecule has 0 fully saturated rings. The zero-order valence-corrected chi connectivity index (χ0v) is 14.0. The van der Waals surface area contributed by atoms with Gasteiger partial charge < -0.3 is 5.11 Å². The number of carbonyl (C=O) groups is 1. The number of aromatic nitrogens is 1. The van der Waals surface area contributed by atoms with Crippen molar-refractivity contribution < 1.29 is 18.3 Å². The highest BCUT2D eigenvalue weighted by Gasteiger charge is 2.28. The number of fused-ring (bicyclic) bond motifs is 1. The first-order chi connectivity index (χ1) is 11.4. The first-order valence-electron chi connectivity index (χ1n) is 7.65. The number of carboxylic acid groups (broad SMARTS) is 1. The molecule has 0 radical (unpaired) electrons. The lowest BCUT2D eigenvalue weighted by atomic mass is 9.92. The maximum Gasteiger partial charge on any atom is 0.306 e. The van der Waals surface area contributed by atoms with Crippen LogP contribution in [0, 0.1) is 12.8 Å². The van der Waals surface area contributed by atoms with Crippen molar-refractivity contribution in [3.63, 3.8) is 0 Å². The van der Waals surface area contributed by atoms with Gasteiger partial charge in [0, 0.05) is 17.1 Å². The molecule has 24 heavy (non-hydrogen) atoms. The molecule has 0 unspecified atom stereocenters. The Labute approximate surface area is 140 Å². The molecular formula is C17H18N2O4S. The Morgan fingerprint density at radius 2 is 2.08 bits per heavy atom. The lowest BCUT2D eigenvalue weighted by Crippen LogP contribution is -2.37. The fourth-order valence-corrected chi connectivity index (χ4v) is 4.25. The fourth-order valence-electron chi connectivity index (χ4n) is 2.87. The highest BCUT2D eigenvalue weighted by atomic mass is 32.2. The van der Waals surface area contributed by atoms with Gasteiger partial charge in [-0.3, -0.25) is 9.78 Å².